The summed E-state index contributed by atoms with van der Waals surface area (Å²) in [5.74, 6) is 0. The number of hydrogen-bond acceptors (Lipinski definition) is 5. The number of rotatable bonds is 3. The van der Waals surface area contributed by atoms with Gasteiger partial charge in [-0.1, -0.05) is 0 Å². The predicted molar refractivity (Wildman–Crippen MR) is 48.2 cm³/mol. The molecule has 1 rings (SSSR count). The zero-order chi connectivity index (χ0) is 9.14. The lowest BCUT2D eigenvalue weighted by Crippen LogP contribution is -2.29. The second-order valence-electron chi connectivity index (χ2n) is 2.97. The molecule has 0 aliphatic carbocycles. The van der Waals surface area contributed by atoms with Crippen molar-refractivity contribution < 1.29 is 0 Å². The molecule has 1 unspecified atom stereocenters. The largest absolute Gasteiger partial charge is 0.305 e. The average Bonchev–Trinajstić information content (AvgIpc) is 2.36. The van der Waals surface area contributed by atoms with Gasteiger partial charge in [0.15, 0.2) is 0 Å². The fourth-order valence-electron chi connectivity index (χ4n) is 0.732. The van der Waals surface area contributed by atoms with Gasteiger partial charge in [0, 0.05) is 6.04 Å². The van der Waals surface area contributed by atoms with Crippen LogP contribution < -0.4 is 0 Å². The summed E-state index contributed by atoms with van der Waals surface area (Å²) in [5, 5.41) is 11.5. The van der Waals surface area contributed by atoms with E-state index in [1.807, 2.05) is 14.1 Å². The van der Waals surface area contributed by atoms with Gasteiger partial charge in [-0.25, -0.2) is 4.68 Å². The van der Waals surface area contributed by atoms with Gasteiger partial charge < -0.3 is 4.90 Å². The molecule has 0 aromatic carbocycles. The minimum Gasteiger partial charge on any atom is -0.305 e. The van der Waals surface area contributed by atoms with Gasteiger partial charge in [-0.15, -0.1) is 17.7 Å². The highest BCUT2D eigenvalue weighted by molar-refractivity contribution is 7.80. The maximum Gasteiger partial charge on any atom is 0.206 e. The van der Waals surface area contributed by atoms with E-state index in [-0.39, 0.29) is 0 Å². The third kappa shape index (κ3) is 2.18. The van der Waals surface area contributed by atoms with Crippen molar-refractivity contribution in [2.75, 3.05) is 14.1 Å². The van der Waals surface area contributed by atoms with E-state index in [1.165, 1.54) is 0 Å². The van der Waals surface area contributed by atoms with Gasteiger partial charge in [0.25, 0.3) is 0 Å². The van der Waals surface area contributed by atoms with E-state index in [0.29, 0.717) is 11.2 Å². The first-order chi connectivity index (χ1) is 5.61. The molecule has 0 bridgehead atoms. The summed E-state index contributed by atoms with van der Waals surface area (Å²) >= 11 is 4.10. The van der Waals surface area contributed by atoms with Gasteiger partial charge in [0.2, 0.25) is 5.16 Å². The number of tetrazole rings is 1. The smallest absolute Gasteiger partial charge is 0.206 e. The summed E-state index contributed by atoms with van der Waals surface area (Å²) < 4.78 is 1.67. The highest BCUT2D eigenvalue weighted by Gasteiger charge is 2.08. The van der Waals surface area contributed by atoms with Crippen molar-refractivity contribution in [2.24, 2.45) is 0 Å². The first-order valence-electron chi connectivity index (χ1n) is 3.73. The van der Waals surface area contributed by atoms with E-state index in [2.05, 4.69) is 40.0 Å². The Morgan fingerprint density at radius 3 is 2.67 bits per heavy atom. The standard InChI is InChI=1S/C6H13N5S/c1-5(10(2)3)4-11-6(12)7-8-9-11/h5H,4H2,1-3H3,(H,7,9,12). The van der Waals surface area contributed by atoms with Crippen molar-refractivity contribution in [3.05, 3.63) is 0 Å². The number of hydrogen-bond donors (Lipinski definition) is 1. The maximum atomic E-state index is 4.10. The number of aromatic nitrogens is 4. The fraction of sp³-hybridized carbons (Fsp3) is 0.833. The van der Waals surface area contributed by atoms with Gasteiger partial charge >= 0.3 is 0 Å². The van der Waals surface area contributed by atoms with Gasteiger partial charge in [0.1, 0.15) is 0 Å². The first-order valence-corrected chi connectivity index (χ1v) is 4.17. The van der Waals surface area contributed by atoms with Crippen LogP contribution in [0.25, 0.3) is 0 Å². The van der Waals surface area contributed by atoms with Gasteiger partial charge in [0.05, 0.1) is 6.54 Å². The van der Waals surface area contributed by atoms with Crippen molar-refractivity contribution >= 4 is 12.6 Å². The van der Waals surface area contributed by atoms with Crippen LogP contribution in [0.1, 0.15) is 6.92 Å². The molecule has 0 amide bonds. The minimum absolute atomic E-state index is 0.402. The Labute approximate surface area is 77.2 Å². The molecule has 1 aromatic rings. The van der Waals surface area contributed by atoms with Crippen molar-refractivity contribution in [2.45, 2.75) is 24.7 Å². The monoisotopic (exact) mass is 187 g/mol. The quantitative estimate of drug-likeness (QED) is 0.672. The molecular weight excluding hydrogens is 174 g/mol. The highest BCUT2D eigenvalue weighted by Crippen LogP contribution is 2.01. The molecule has 0 saturated heterocycles. The lowest BCUT2D eigenvalue weighted by atomic mass is 10.3. The number of likely N-dealkylation sites (N-methyl/N-ethyl adjacent to an activating group) is 1. The van der Waals surface area contributed by atoms with E-state index in [4.69, 9.17) is 0 Å². The van der Waals surface area contributed by atoms with Crippen molar-refractivity contribution in [3.8, 4) is 0 Å². The van der Waals surface area contributed by atoms with E-state index in [1.54, 1.807) is 4.68 Å². The van der Waals surface area contributed by atoms with Gasteiger partial charge in [-0.3, -0.25) is 0 Å². The van der Waals surface area contributed by atoms with Crippen molar-refractivity contribution in [3.63, 3.8) is 0 Å². The lowest BCUT2D eigenvalue weighted by Gasteiger charge is -2.18. The Balaban J connectivity index is 2.58. The second kappa shape index (κ2) is 3.86. The van der Waals surface area contributed by atoms with Gasteiger partial charge in [-0.05, 0) is 31.4 Å². The molecule has 6 heteroatoms. The Kier molecular flexibility index (Phi) is 3.05. The van der Waals surface area contributed by atoms with Crippen molar-refractivity contribution in [1.82, 2.24) is 25.1 Å². The molecule has 1 atom stereocenters. The van der Waals surface area contributed by atoms with Crippen LogP contribution in [0.5, 0.6) is 0 Å². The summed E-state index contributed by atoms with van der Waals surface area (Å²) in [7, 11) is 4.04. The molecule has 1 heterocycles. The Morgan fingerprint density at radius 2 is 2.25 bits per heavy atom. The summed E-state index contributed by atoms with van der Waals surface area (Å²) in [6.07, 6.45) is 0. The normalized spacial score (nSPS) is 13.8. The summed E-state index contributed by atoms with van der Waals surface area (Å²) in [6, 6.07) is 0.402. The first kappa shape index (κ1) is 9.47. The summed E-state index contributed by atoms with van der Waals surface area (Å²) in [4.78, 5) is 2.11. The molecule has 68 valence electrons. The Bertz CT molecular complexity index is 246. The van der Waals surface area contributed by atoms with E-state index in [0.717, 1.165) is 6.54 Å². The Hall–Kier alpha value is -0.620. The second-order valence-corrected chi connectivity index (χ2v) is 3.37. The highest BCUT2D eigenvalue weighted by atomic mass is 32.1. The van der Waals surface area contributed by atoms with Crippen molar-refractivity contribution in [1.29, 1.82) is 0 Å². The molecule has 1 aromatic heterocycles. The molecular formula is C6H13N5S. The predicted octanol–water partition coefficient (Wildman–Crippen LogP) is -0.0881. The molecule has 0 N–H and O–H groups in total. The third-order valence-corrected chi connectivity index (χ3v) is 2.15. The van der Waals surface area contributed by atoms with Crippen LogP contribution in [-0.4, -0.2) is 45.2 Å². The van der Waals surface area contributed by atoms with E-state index >= 15 is 0 Å². The molecule has 5 nitrogen and oxygen atoms in total. The summed E-state index contributed by atoms with van der Waals surface area (Å²) in [6.45, 7) is 2.87. The average molecular weight is 187 g/mol. The zero-order valence-electron chi connectivity index (χ0n) is 7.47. The van der Waals surface area contributed by atoms with Crippen LogP contribution in [-0.2, 0) is 6.54 Å². The third-order valence-electron chi connectivity index (χ3n) is 1.83. The minimum atomic E-state index is 0.402. The maximum absolute atomic E-state index is 4.10. The van der Waals surface area contributed by atoms with Crippen LogP contribution in [0.2, 0.25) is 0 Å². The molecule has 0 saturated carbocycles. The Morgan fingerprint density at radius 1 is 1.58 bits per heavy atom. The van der Waals surface area contributed by atoms with Crippen LogP contribution in [0.4, 0.5) is 0 Å². The molecule has 12 heavy (non-hydrogen) atoms. The number of nitrogens with zero attached hydrogens (tertiary/aromatic N) is 5. The van der Waals surface area contributed by atoms with E-state index in [9.17, 15) is 0 Å². The van der Waals surface area contributed by atoms with Crippen LogP contribution in [0.15, 0.2) is 5.16 Å². The SMILES string of the molecule is CC(Cn1nnnc1S)N(C)C. The zero-order valence-corrected chi connectivity index (χ0v) is 8.36. The molecule has 0 spiro atoms. The molecule has 0 radical (unpaired) electrons. The summed E-state index contributed by atoms with van der Waals surface area (Å²) in [5.41, 5.74) is 0. The van der Waals surface area contributed by atoms with Crippen LogP contribution in [0.3, 0.4) is 0 Å². The number of thiol groups is 1. The lowest BCUT2D eigenvalue weighted by molar-refractivity contribution is 0.267. The molecule has 0 fully saturated rings. The van der Waals surface area contributed by atoms with Crippen LogP contribution in [0, 0.1) is 0 Å². The molecule has 0 aliphatic heterocycles. The fourth-order valence-corrected chi connectivity index (χ4v) is 0.893. The molecule has 0 aliphatic rings. The van der Waals surface area contributed by atoms with Gasteiger partial charge in [-0.2, -0.15) is 0 Å². The van der Waals surface area contributed by atoms with E-state index < -0.39 is 0 Å². The topological polar surface area (TPSA) is 46.8 Å². The van der Waals surface area contributed by atoms with Crippen LogP contribution >= 0.6 is 12.6 Å².